The van der Waals surface area contributed by atoms with E-state index >= 15 is 0 Å². The Morgan fingerprint density at radius 1 is 1.24 bits per heavy atom. The van der Waals surface area contributed by atoms with E-state index in [-0.39, 0.29) is 11.5 Å². The highest BCUT2D eigenvalue weighted by atomic mass is 16.2. The standard InChI is InChI=1S/C18H17N5O2/c1-12-4-3-5-15(10-12)23-18(25)16(13(2)22-23)11-20-21-17(24)14-6-8-19-9-7-14/h3-11,22H,1-2H3,(H,21,24). The number of hydrogen-bond donors (Lipinski definition) is 2. The average Bonchev–Trinajstić information content (AvgIpc) is 2.90. The molecule has 0 aliphatic rings. The number of aryl methyl sites for hydroxylation is 2. The predicted octanol–water partition coefficient (Wildman–Crippen LogP) is 1.94. The number of carbonyl (C=O) groups is 1. The van der Waals surface area contributed by atoms with E-state index in [0.29, 0.717) is 16.8 Å². The minimum absolute atomic E-state index is 0.231. The Kier molecular flexibility index (Phi) is 4.56. The first kappa shape index (κ1) is 16.4. The first-order valence-electron chi connectivity index (χ1n) is 7.68. The van der Waals surface area contributed by atoms with Gasteiger partial charge in [-0.3, -0.25) is 19.7 Å². The number of aromatic amines is 1. The van der Waals surface area contributed by atoms with E-state index < -0.39 is 0 Å². The number of hydrogen-bond acceptors (Lipinski definition) is 4. The van der Waals surface area contributed by atoms with Crippen LogP contribution in [0.4, 0.5) is 0 Å². The Labute approximate surface area is 144 Å². The van der Waals surface area contributed by atoms with Gasteiger partial charge in [-0.15, -0.1) is 0 Å². The molecule has 2 aromatic heterocycles. The third-order valence-corrected chi connectivity index (χ3v) is 3.68. The molecule has 1 amide bonds. The molecule has 0 saturated carbocycles. The molecule has 0 bridgehead atoms. The van der Waals surface area contributed by atoms with E-state index in [1.54, 1.807) is 19.1 Å². The van der Waals surface area contributed by atoms with E-state index in [1.807, 2.05) is 31.2 Å². The van der Waals surface area contributed by atoms with Crippen molar-refractivity contribution in [1.82, 2.24) is 20.2 Å². The van der Waals surface area contributed by atoms with Gasteiger partial charge in [-0.2, -0.15) is 5.10 Å². The van der Waals surface area contributed by atoms with Crippen molar-refractivity contribution in [3.63, 3.8) is 0 Å². The molecular formula is C18H17N5O2. The normalized spacial score (nSPS) is 11.0. The smallest absolute Gasteiger partial charge is 0.280 e. The second-order valence-corrected chi connectivity index (χ2v) is 5.57. The van der Waals surface area contributed by atoms with Gasteiger partial charge in [0.05, 0.1) is 17.5 Å². The lowest BCUT2D eigenvalue weighted by Gasteiger charge is -2.02. The minimum Gasteiger partial charge on any atom is -0.295 e. The molecule has 0 fully saturated rings. The highest BCUT2D eigenvalue weighted by Gasteiger charge is 2.11. The Bertz CT molecular complexity index is 986. The first-order chi connectivity index (χ1) is 12.1. The number of hydrazone groups is 1. The summed E-state index contributed by atoms with van der Waals surface area (Å²) in [6.45, 7) is 3.74. The summed E-state index contributed by atoms with van der Waals surface area (Å²) in [5.41, 5.74) is 5.45. The minimum atomic E-state index is -0.370. The van der Waals surface area contributed by atoms with Crippen LogP contribution in [-0.2, 0) is 0 Å². The van der Waals surface area contributed by atoms with Crippen LogP contribution in [-0.4, -0.2) is 26.9 Å². The van der Waals surface area contributed by atoms with Crippen LogP contribution in [0.5, 0.6) is 0 Å². The maximum atomic E-state index is 12.6. The van der Waals surface area contributed by atoms with Crippen molar-refractivity contribution in [1.29, 1.82) is 0 Å². The van der Waals surface area contributed by atoms with E-state index in [0.717, 1.165) is 11.3 Å². The molecule has 0 radical (unpaired) electrons. The van der Waals surface area contributed by atoms with Crippen LogP contribution in [0.25, 0.3) is 5.69 Å². The molecule has 2 heterocycles. The lowest BCUT2D eigenvalue weighted by atomic mass is 10.2. The molecule has 0 aliphatic carbocycles. The fourth-order valence-corrected chi connectivity index (χ4v) is 2.38. The fraction of sp³-hybridized carbons (Fsp3) is 0.111. The molecule has 0 aliphatic heterocycles. The van der Waals surface area contributed by atoms with Gasteiger partial charge >= 0.3 is 0 Å². The molecule has 25 heavy (non-hydrogen) atoms. The van der Waals surface area contributed by atoms with Crippen LogP contribution in [0.3, 0.4) is 0 Å². The number of nitrogens with one attached hydrogen (secondary N) is 2. The Morgan fingerprint density at radius 2 is 2.00 bits per heavy atom. The molecule has 0 spiro atoms. The largest absolute Gasteiger partial charge is 0.295 e. The average molecular weight is 335 g/mol. The van der Waals surface area contributed by atoms with Gasteiger partial charge in [0.2, 0.25) is 0 Å². The Morgan fingerprint density at radius 3 is 2.72 bits per heavy atom. The number of aromatic nitrogens is 3. The SMILES string of the molecule is Cc1cccc(-n2[nH]c(C)c(C=NNC(=O)c3ccncc3)c2=O)c1. The van der Waals surface area contributed by atoms with Crippen molar-refractivity contribution < 1.29 is 4.79 Å². The van der Waals surface area contributed by atoms with E-state index in [4.69, 9.17) is 0 Å². The van der Waals surface area contributed by atoms with E-state index in [2.05, 4.69) is 20.6 Å². The quantitative estimate of drug-likeness (QED) is 0.564. The van der Waals surface area contributed by atoms with Gasteiger partial charge in [-0.05, 0) is 43.7 Å². The number of pyridine rings is 1. The van der Waals surface area contributed by atoms with Crippen molar-refractivity contribution in [2.75, 3.05) is 0 Å². The van der Waals surface area contributed by atoms with Crippen LogP contribution in [0, 0.1) is 13.8 Å². The van der Waals surface area contributed by atoms with Crippen molar-refractivity contribution in [2.24, 2.45) is 5.10 Å². The third-order valence-electron chi connectivity index (χ3n) is 3.68. The van der Waals surface area contributed by atoms with E-state index in [9.17, 15) is 9.59 Å². The number of nitrogens with zero attached hydrogens (tertiary/aromatic N) is 3. The van der Waals surface area contributed by atoms with Crippen LogP contribution >= 0.6 is 0 Å². The van der Waals surface area contributed by atoms with Gasteiger partial charge in [-0.25, -0.2) is 10.1 Å². The summed E-state index contributed by atoms with van der Waals surface area (Å²) in [6.07, 6.45) is 4.39. The van der Waals surface area contributed by atoms with Crippen LogP contribution < -0.4 is 11.0 Å². The fourth-order valence-electron chi connectivity index (χ4n) is 2.38. The summed E-state index contributed by atoms with van der Waals surface area (Å²) in [5, 5.41) is 6.90. The van der Waals surface area contributed by atoms with E-state index in [1.165, 1.54) is 23.3 Å². The molecular weight excluding hydrogens is 318 g/mol. The second kappa shape index (κ2) is 6.96. The van der Waals surface area contributed by atoms with Crippen molar-refractivity contribution in [2.45, 2.75) is 13.8 Å². The van der Waals surface area contributed by atoms with Crippen LogP contribution in [0.1, 0.15) is 27.2 Å². The summed E-state index contributed by atoms with van der Waals surface area (Å²) in [7, 11) is 0. The molecule has 3 aromatic rings. The molecule has 1 aromatic carbocycles. The molecule has 2 N–H and O–H groups in total. The Hall–Kier alpha value is -3.48. The highest BCUT2D eigenvalue weighted by Crippen LogP contribution is 2.08. The third kappa shape index (κ3) is 3.55. The van der Waals surface area contributed by atoms with Gasteiger partial charge in [0.1, 0.15) is 0 Å². The molecule has 7 heteroatoms. The van der Waals surface area contributed by atoms with Crippen molar-refractivity contribution >= 4 is 12.1 Å². The zero-order valence-electron chi connectivity index (χ0n) is 13.9. The molecule has 3 rings (SSSR count). The highest BCUT2D eigenvalue weighted by molar-refractivity contribution is 5.94. The molecule has 7 nitrogen and oxygen atoms in total. The maximum absolute atomic E-state index is 12.6. The van der Waals surface area contributed by atoms with Gasteiger partial charge in [0.25, 0.3) is 11.5 Å². The molecule has 126 valence electrons. The van der Waals surface area contributed by atoms with Crippen molar-refractivity contribution in [3.05, 3.63) is 81.5 Å². The molecule has 0 unspecified atom stereocenters. The lowest BCUT2D eigenvalue weighted by Crippen LogP contribution is -2.20. The topological polar surface area (TPSA) is 92.1 Å². The number of H-pyrrole nitrogens is 1. The van der Waals surface area contributed by atoms with Gasteiger partial charge in [0, 0.05) is 23.7 Å². The number of benzene rings is 1. The molecule has 0 saturated heterocycles. The van der Waals surface area contributed by atoms with Gasteiger partial charge in [0.15, 0.2) is 0 Å². The summed E-state index contributed by atoms with van der Waals surface area (Å²) < 4.78 is 1.45. The second-order valence-electron chi connectivity index (χ2n) is 5.57. The number of carbonyl (C=O) groups excluding carboxylic acids is 1. The van der Waals surface area contributed by atoms with Crippen molar-refractivity contribution in [3.8, 4) is 5.69 Å². The zero-order chi connectivity index (χ0) is 17.8. The van der Waals surface area contributed by atoms with Crippen LogP contribution in [0.15, 0.2) is 58.7 Å². The first-order valence-corrected chi connectivity index (χ1v) is 7.68. The maximum Gasteiger partial charge on any atom is 0.280 e. The van der Waals surface area contributed by atoms with Gasteiger partial charge < -0.3 is 0 Å². The number of amides is 1. The predicted molar refractivity (Wildman–Crippen MR) is 95.2 cm³/mol. The summed E-state index contributed by atoms with van der Waals surface area (Å²) >= 11 is 0. The van der Waals surface area contributed by atoms with Gasteiger partial charge in [-0.1, -0.05) is 12.1 Å². The zero-order valence-corrected chi connectivity index (χ0v) is 13.9. The monoisotopic (exact) mass is 335 g/mol. The summed E-state index contributed by atoms with van der Waals surface area (Å²) in [4.78, 5) is 28.3. The summed E-state index contributed by atoms with van der Waals surface area (Å²) in [6, 6.07) is 10.8. The Balaban J connectivity index is 1.82. The number of rotatable bonds is 4. The summed E-state index contributed by atoms with van der Waals surface area (Å²) in [5.74, 6) is -0.370. The molecule has 0 atom stereocenters. The van der Waals surface area contributed by atoms with Crippen LogP contribution in [0.2, 0.25) is 0 Å². The lowest BCUT2D eigenvalue weighted by molar-refractivity contribution is 0.0955.